The number of amidine groups is 1. The molecule has 2 heterocycles. The third-order valence-corrected chi connectivity index (χ3v) is 4.30. The summed E-state index contributed by atoms with van der Waals surface area (Å²) in [4.78, 5) is 10.7. The summed E-state index contributed by atoms with van der Waals surface area (Å²) in [7, 11) is 3.08. The van der Waals surface area contributed by atoms with E-state index in [2.05, 4.69) is 16.0 Å². The Labute approximate surface area is 131 Å². The van der Waals surface area contributed by atoms with Crippen LogP contribution in [0.1, 0.15) is 6.42 Å². The summed E-state index contributed by atoms with van der Waals surface area (Å²) in [5.74, 6) is 0.439. The Morgan fingerprint density at radius 2 is 2.14 bits per heavy atom. The van der Waals surface area contributed by atoms with Crippen LogP contribution in [0.5, 0.6) is 0 Å². The van der Waals surface area contributed by atoms with E-state index in [1.54, 1.807) is 20.3 Å². The second kappa shape index (κ2) is 6.03. The molecule has 0 radical (unpaired) electrons. The summed E-state index contributed by atoms with van der Waals surface area (Å²) in [6, 6.07) is 10.2. The van der Waals surface area contributed by atoms with Gasteiger partial charge in [-0.25, -0.2) is 4.98 Å². The molecule has 112 valence electrons. The average molecular weight is 314 g/mol. The van der Waals surface area contributed by atoms with Crippen molar-refractivity contribution in [1.29, 1.82) is 5.26 Å². The van der Waals surface area contributed by atoms with Crippen LogP contribution in [0.25, 0.3) is 10.2 Å². The topological polar surface area (TPSA) is 70.7 Å². The number of rotatable bonds is 3. The van der Waals surface area contributed by atoms with E-state index in [0.29, 0.717) is 11.9 Å². The van der Waals surface area contributed by atoms with Crippen molar-refractivity contribution in [2.24, 2.45) is 4.99 Å². The molecule has 1 aliphatic rings. The molecule has 0 aliphatic carbocycles. The minimum atomic E-state index is -0.229. The predicted octanol–water partition coefficient (Wildman–Crippen LogP) is 2.89. The number of hydrogen-bond acceptors (Lipinski definition) is 7. The molecule has 1 aromatic carbocycles. The smallest absolute Gasteiger partial charge is 0.302 e. The van der Waals surface area contributed by atoms with Crippen molar-refractivity contribution in [2.75, 3.05) is 19.1 Å². The number of thiazole rings is 1. The van der Waals surface area contributed by atoms with Crippen molar-refractivity contribution in [2.45, 2.75) is 12.5 Å². The lowest BCUT2D eigenvalue weighted by molar-refractivity contribution is 0.276. The van der Waals surface area contributed by atoms with Gasteiger partial charge in [-0.1, -0.05) is 23.5 Å². The van der Waals surface area contributed by atoms with Crippen LogP contribution in [-0.4, -0.2) is 31.3 Å². The minimum Gasteiger partial charge on any atom is -0.481 e. The van der Waals surface area contributed by atoms with Gasteiger partial charge in [-0.3, -0.25) is 4.90 Å². The number of nitriles is 1. The fraction of sp³-hybridized carbons (Fsp3) is 0.267. The third-order valence-electron chi connectivity index (χ3n) is 3.26. The van der Waals surface area contributed by atoms with E-state index >= 15 is 0 Å². The van der Waals surface area contributed by atoms with E-state index in [-0.39, 0.29) is 12.5 Å². The standard InChI is InChI=1S/C15H14N4O2S/c1-20-13-9-10(7-8-16)19(14(18-13)21-2)15-17-11-5-3-4-6-12(11)22-15/h3-6,9-10H,7H2,1-2H3. The lowest BCUT2D eigenvalue weighted by atomic mass is 10.2. The number of nitrogens with zero attached hydrogens (tertiary/aromatic N) is 4. The number of fused-ring (bicyclic) bond motifs is 1. The summed E-state index contributed by atoms with van der Waals surface area (Å²) >= 11 is 1.54. The third kappa shape index (κ3) is 2.49. The van der Waals surface area contributed by atoms with Gasteiger partial charge in [0.05, 0.1) is 43.0 Å². The van der Waals surface area contributed by atoms with Crippen LogP contribution in [-0.2, 0) is 9.47 Å². The fourth-order valence-corrected chi connectivity index (χ4v) is 3.27. The van der Waals surface area contributed by atoms with Gasteiger partial charge in [0.2, 0.25) is 5.88 Å². The number of aromatic nitrogens is 1. The molecule has 0 N–H and O–H groups in total. The van der Waals surface area contributed by atoms with Crippen LogP contribution in [0.4, 0.5) is 5.13 Å². The largest absolute Gasteiger partial charge is 0.481 e. The zero-order valence-electron chi connectivity index (χ0n) is 12.2. The molecule has 0 bridgehead atoms. The Hall–Kier alpha value is -2.59. The number of benzene rings is 1. The number of ether oxygens (including phenoxy) is 2. The first-order valence-corrected chi connectivity index (χ1v) is 7.48. The number of para-hydroxylation sites is 1. The summed E-state index contributed by atoms with van der Waals surface area (Å²) < 4.78 is 11.6. The molecule has 1 aromatic heterocycles. The number of aliphatic imine (C=N–C) groups is 1. The maximum absolute atomic E-state index is 9.10. The molecule has 1 atom stereocenters. The molecular weight excluding hydrogens is 300 g/mol. The van der Waals surface area contributed by atoms with E-state index in [0.717, 1.165) is 15.3 Å². The number of methoxy groups -OCH3 is 2. The molecule has 0 saturated heterocycles. The maximum Gasteiger partial charge on any atom is 0.302 e. The first-order valence-electron chi connectivity index (χ1n) is 6.67. The molecule has 6 nitrogen and oxygen atoms in total. The van der Waals surface area contributed by atoms with Gasteiger partial charge in [-0.15, -0.1) is 0 Å². The van der Waals surface area contributed by atoms with Crippen molar-refractivity contribution in [3.05, 3.63) is 36.2 Å². The first kappa shape index (κ1) is 14.4. The normalized spacial score (nSPS) is 17.7. The average Bonchev–Trinajstić information content (AvgIpc) is 2.97. The second-order valence-corrected chi connectivity index (χ2v) is 5.58. The van der Waals surface area contributed by atoms with Gasteiger partial charge in [-0.2, -0.15) is 10.3 Å². The molecule has 2 aromatic rings. The molecule has 1 unspecified atom stereocenters. The minimum absolute atomic E-state index is 0.229. The van der Waals surface area contributed by atoms with Crippen LogP contribution < -0.4 is 4.90 Å². The van der Waals surface area contributed by atoms with Crippen molar-refractivity contribution in [3.63, 3.8) is 0 Å². The van der Waals surface area contributed by atoms with Crippen molar-refractivity contribution in [1.82, 2.24) is 4.98 Å². The van der Waals surface area contributed by atoms with Crippen LogP contribution in [0, 0.1) is 11.3 Å². The lowest BCUT2D eigenvalue weighted by Crippen LogP contribution is -2.42. The number of anilines is 1. The molecular formula is C15H14N4O2S. The summed E-state index contributed by atoms with van der Waals surface area (Å²) in [5.41, 5.74) is 0.912. The molecule has 3 rings (SSSR count). The van der Waals surface area contributed by atoms with Gasteiger partial charge in [0, 0.05) is 6.08 Å². The van der Waals surface area contributed by atoms with Gasteiger partial charge in [0.25, 0.3) is 0 Å². The highest BCUT2D eigenvalue weighted by Crippen LogP contribution is 2.32. The maximum atomic E-state index is 9.10. The highest BCUT2D eigenvalue weighted by atomic mass is 32.1. The van der Waals surface area contributed by atoms with Crippen molar-refractivity contribution in [3.8, 4) is 6.07 Å². The first-order chi connectivity index (χ1) is 10.8. The van der Waals surface area contributed by atoms with Crippen LogP contribution in [0.3, 0.4) is 0 Å². The lowest BCUT2D eigenvalue weighted by Gasteiger charge is -2.30. The summed E-state index contributed by atoms with van der Waals surface area (Å²) in [6.07, 6.45) is 2.09. The Kier molecular flexibility index (Phi) is 3.94. The van der Waals surface area contributed by atoms with Crippen LogP contribution >= 0.6 is 11.3 Å². The molecule has 0 fully saturated rings. The van der Waals surface area contributed by atoms with E-state index in [1.165, 1.54) is 11.3 Å². The van der Waals surface area contributed by atoms with Gasteiger partial charge in [-0.05, 0) is 12.1 Å². The zero-order valence-corrected chi connectivity index (χ0v) is 13.0. The molecule has 7 heteroatoms. The monoisotopic (exact) mass is 314 g/mol. The molecule has 0 amide bonds. The second-order valence-electron chi connectivity index (χ2n) is 4.57. The van der Waals surface area contributed by atoms with E-state index in [1.807, 2.05) is 29.2 Å². The quantitative estimate of drug-likeness (QED) is 0.871. The van der Waals surface area contributed by atoms with Gasteiger partial charge < -0.3 is 9.47 Å². The van der Waals surface area contributed by atoms with Gasteiger partial charge in [0.1, 0.15) is 0 Å². The van der Waals surface area contributed by atoms with E-state index < -0.39 is 0 Å². The molecule has 22 heavy (non-hydrogen) atoms. The summed E-state index contributed by atoms with van der Waals surface area (Å²) in [6.45, 7) is 0. The fourth-order valence-electron chi connectivity index (χ4n) is 2.25. The highest BCUT2D eigenvalue weighted by Gasteiger charge is 2.30. The van der Waals surface area contributed by atoms with E-state index in [4.69, 9.17) is 14.7 Å². The van der Waals surface area contributed by atoms with Crippen molar-refractivity contribution >= 4 is 32.7 Å². The predicted molar refractivity (Wildman–Crippen MR) is 85.7 cm³/mol. The molecule has 1 aliphatic heterocycles. The van der Waals surface area contributed by atoms with Gasteiger partial charge in [0.15, 0.2) is 5.13 Å². The van der Waals surface area contributed by atoms with Gasteiger partial charge >= 0.3 is 6.02 Å². The van der Waals surface area contributed by atoms with Crippen LogP contribution in [0.2, 0.25) is 0 Å². The Balaban J connectivity index is 2.07. The summed E-state index contributed by atoms with van der Waals surface area (Å²) in [5, 5.41) is 9.84. The van der Waals surface area contributed by atoms with Crippen LogP contribution in [0.15, 0.2) is 41.2 Å². The SMILES string of the molecule is COC1=CC(CC#N)N(c2nc3ccccc3s2)C(OC)=N1. The zero-order chi connectivity index (χ0) is 15.5. The Morgan fingerprint density at radius 1 is 1.32 bits per heavy atom. The number of hydrogen-bond donors (Lipinski definition) is 0. The highest BCUT2D eigenvalue weighted by molar-refractivity contribution is 7.22. The van der Waals surface area contributed by atoms with Crippen molar-refractivity contribution < 1.29 is 9.47 Å². The molecule has 0 spiro atoms. The Morgan fingerprint density at radius 3 is 2.82 bits per heavy atom. The molecule has 0 saturated carbocycles. The van der Waals surface area contributed by atoms with E-state index in [9.17, 15) is 0 Å². The Bertz CT molecular complexity index is 757.